The van der Waals surface area contributed by atoms with Crippen molar-refractivity contribution >= 4 is 28.9 Å². The summed E-state index contributed by atoms with van der Waals surface area (Å²) in [6.07, 6.45) is -1.34. The summed E-state index contributed by atoms with van der Waals surface area (Å²) < 4.78 is 15.6. The first-order valence-electron chi connectivity index (χ1n) is 8.60. The van der Waals surface area contributed by atoms with E-state index in [1.807, 2.05) is 0 Å². The largest absolute Gasteiger partial charge is 0.486 e. The minimum absolute atomic E-state index is 0.126. The summed E-state index contributed by atoms with van der Waals surface area (Å²) in [5.41, 5.74) is -1.07. The van der Waals surface area contributed by atoms with Crippen LogP contribution in [-0.4, -0.2) is 41.0 Å². The first-order valence-corrected chi connectivity index (χ1v) is 8.60. The normalized spacial score (nSPS) is 13.1. The van der Waals surface area contributed by atoms with Gasteiger partial charge in [-0.05, 0) is 13.0 Å². The molecule has 1 aliphatic rings. The molecule has 1 amide bonds. The van der Waals surface area contributed by atoms with Gasteiger partial charge in [-0.15, -0.1) is 0 Å². The van der Waals surface area contributed by atoms with Gasteiger partial charge in [0.1, 0.15) is 18.8 Å². The van der Waals surface area contributed by atoms with Crippen LogP contribution >= 0.6 is 0 Å². The zero-order chi connectivity index (χ0) is 21.8. The SMILES string of the molecule is CC(OC(=O)c1cc2c(cc1[N+](=O)[O-])OCCO2)C(=O)Nc1cccc([N+](=O)[O-])c1. The highest BCUT2D eigenvalue weighted by atomic mass is 16.6. The van der Waals surface area contributed by atoms with Crippen LogP contribution in [0.2, 0.25) is 0 Å². The topological polar surface area (TPSA) is 160 Å². The number of esters is 1. The molecule has 1 heterocycles. The van der Waals surface area contributed by atoms with Crippen molar-refractivity contribution in [3.05, 3.63) is 62.2 Å². The van der Waals surface area contributed by atoms with E-state index in [1.165, 1.54) is 25.1 Å². The minimum Gasteiger partial charge on any atom is -0.486 e. The Kier molecular flexibility index (Phi) is 5.76. The monoisotopic (exact) mass is 417 g/mol. The highest BCUT2D eigenvalue weighted by molar-refractivity contribution is 5.99. The predicted molar refractivity (Wildman–Crippen MR) is 101 cm³/mol. The fourth-order valence-corrected chi connectivity index (χ4v) is 2.61. The molecule has 1 N–H and O–H groups in total. The second-order valence-corrected chi connectivity index (χ2v) is 6.11. The fraction of sp³-hybridized carbons (Fsp3) is 0.222. The molecule has 1 aliphatic heterocycles. The molecule has 1 atom stereocenters. The van der Waals surface area contributed by atoms with Crippen LogP contribution in [-0.2, 0) is 9.53 Å². The molecular formula is C18H15N3O9. The van der Waals surface area contributed by atoms with Crippen molar-refractivity contribution in [1.29, 1.82) is 0 Å². The van der Waals surface area contributed by atoms with E-state index < -0.39 is 39.1 Å². The number of nitro groups is 2. The molecule has 0 aromatic heterocycles. The average Bonchev–Trinajstić information content (AvgIpc) is 2.72. The van der Waals surface area contributed by atoms with E-state index in [4.69, 9.17) is 14.2 Å². The second-order valence-electron chi connectivity index (χ2n) is 6.11. The molecule has 12 nitrogen and oxygen atoms in total. The lowest BCUT2D eigenvalue weighted by atomic mass is 10.1. The van der Waals surface area contributed by atoms with Crippen LogP contribution in [0, 0.1) is 20.2 Å². The van der Waals surface area contributed by atoms with Crippen molar-refractivity contribution < 1.29 is 33.6 Å². The van der Waals surface area contributed by atoms with Crippen LogP contribution < -0.4 is 14.8 Å². The average molecular weight is 417 g/mol. The Morgan fingerprint density at radius 1 is 1.07 bits per heavy atom. The van der Waals surface area contributed by atoms with Crippen LogP contribution in [0.25, 0.3) is 0 Å². The lowest BCUT2D eigenvalue weighted by molar-refractivity contribution is -0.385. The molecule has 0 saturated carbocycles. The van der Waals surface area contributed by atoms with Crippen molar-refractivity contribution in [3.8, 4) is 11.5 Å². The molecule has 0 spiro atoms. The predicted octanol–water partition coefficient (Wildman–Crippen LogP) is 2.46. The van der Waals surface area contributed by atoms with E-state index in [1.54, 1.807) is 0 Å². The van der Waals surface area contributed by atoms with Crippen LogP contribution in [0.1, 0.15) is 17.3 Å². The first-order chi connectivity index (χ1) is 14.3. The number of nitrogens with zero attached hydrogens (tertiary/aromatic N) is 2. The number of carbonyl (C=O) groups is 2. The van der Waals surface area contributed by atoms with Crippen LogP contribution in [0.3, 0.4) is 0 Å². The van der Waals surface area contributed by atoms with E-state index in [0.29, 0.717) is 0 Å². The van der Waals surface area contributed by atoms with Gasteiger partial charge >= 0.3 is 5.97 Å². The van der Waals surface area contributed by atoms with Gasteiger partial charge in [0.2, 0.25) is 0 Å². The lowest BCUT2D eigenvalue weighted by Gasteiger charge is -2.19. The molecule has 156 valence electrons. The van der Waals surface area contributed by atoms with Gasteiger partial charge in [0.05, 0.1) is 15.9 Å². The molecule has 2 aromatic rings. The molecule has 0 fully saturated rings. The van der Waals surface area contributed by atoms with E-state index in [2.05, 4.69) is 5.32 Å². The maximum atomic E-state index is 12.5. The number of non-ortho nitro benzene ring substituents is 1. The molecule has 0 bridgehead atoms. The number of hydrogen-bond donors (Lipinski definition) is 1. The van der Waals surface area contributed by atoms with E-state index in [-0.39, 0.29) is 36.1 Å². The third-order valence-corrected chi connectivity index (χ3v) is 4.05. The lowest BCUT2D eigenvalue weighted by Crippen LogP contribution is -2.30. The quantitative estimate of drug-likeness (QED) is 0.423. The number of benzene rings is 2. The number of carbonyl (C=O) groups excluding carboxylic acids is 2. The Bertz CT molecular complexity index is 1040. The smallest absolute Gasteiger partial charge is 0.346 e. The Morgan fingerprint density at radius 3 is 2.37 bits per heavy atom. The zero-order valence-corrected chi connectivity index (χ0v) is 15.5. The van der Waals surface area contributed by atoms with Crippen LogP contribution in [0.4, 0.5) is 17.1 Å². The molecule has 0 saturated heterocycles. The number of rotatable bonds is 6. The molecular weight excluding hydrogens is 402 g/mol. The van der Waals surface area contributed by atoms with Crippen molar-refractivity contribution in [2.75, 3.05) is 18.5 Å². The Labute approximate surface area is 168 Å². The maximum Gasteiger partial charge on any atom is 0.346 e. The molecule has 0 radical (unpaired) electrons. The van der Waals surface area contributed by atoms with Gasteiger partial charge in [0.25, 0.3) is 17.3 Å². The summed E-state index contributed by atoms with van der Waals surface area (Å²) in [4.78, 5) is 45.5. The molecule has 30 heavy (non-hydrogen) atoms. The van der Waals surface area contributed by atoms with Crippen molar-refractivity contribution in [3.63, 3.8) is 0 Å². The second kappa shape index (κ2) is 8.43. The number of nitrogens with one attached hydrogen (secondary N) is 1. The van der Waals surface area contributed by atoms with Crippen LogP contribution in [0.15, 0.2) is 36.4 Å². The summed E-state index contributed by atoms with van der Waals surface area (Å²) in [6.45, 7) is 1.68. The van der Waals surface area contributed by atoms with Gasteiger partial charge in [-0.3, -0.25) is 25.0 Å². The number of nitro benzene ring substituents is 2. The molecule has 0 aliphatic carbocycles. The first kappa shape index (κ1) is 20.5. The Hall–Kier alpha value is -4.22. The third-order valence-electron chi connectivity index (χ3n) is 4.05. The van der Waals surface area contributed by atoms with Gasteiger partial charge in [-0.25, -0.2) is 4.79 Å². The third kappa shape index (κ3) is 4.43. The van der Waals surface area contributed by atoms with Crippen molar-refractivity contribution in [2.45, 2.75) is 13.0 Å². The van der Waals surface area contributed by atoms with Gasteiger partial charge in [0, 0.05) is 23.9 Å². The van der Waals surface area contributed by atoms with Gasteiger partial charge in [-0.1, -0.05) is 6.07 Å². The Morgan fingerprint density at radius 2 is 1.73 bits per heavy atom. The number of amides is 1. The van der Waals surface area contributed by atoms with Gasteiger partial charge < -0.3 is 19.5 Å². The number of ether oxygens (including phenoxy) is 3. The molecule has 3 rings (SSSR count). The van der Waals surface area contributed by atoms with Crippen molar-refractivity contribution in [2.24, 2.45) is 0 Å². The fourth-order valence-electron chi connectivity index (χ4n) is 2.61. The summed E-state index contributed by atoms with van der Waals surface area (Å²) in [5, 5.41) is 24.5. The number of hydrogen-bond acceptors (Lipinski definition) is 9. The van der Waals surface area contributed by atoms with Crippen LogP contribution in [0.5, 0.6) is 11.5 Å². The minimum atomic E-state index is -1.34. The summed E-state index contributed by atoms with van der Waals surface area (Å²) in [6, 6.07) is 7.37. The summed E-state index contributed by atoms with van der Waals surface area (Å²) >= 11 is 0. The standard InChI is InChI=1S/C18H15N3O9/c1-10(17(22)19-11-3-2-4-12(7-11)20(24)25)30-18(23)13-8-15-16(29-6-5-28-15)9-14(13)21(26)27/h2-4,7-10H,5-6H2,1H3,(H,19,22). The zero-order valence-electron chi connectivity index (χ0n) is 15.5. The molecule has 1 unspecified atom stereocenters. The maximum absolute atomic E-state index is 12.5. The number of anilines is 1. The summed E-state index contributed by atoms with van der Waals surface area (Å²) in [7, 11) is 0. The van der Waals surface area contributed by atoms with Crippen molar-refractivity contribution in [1.82, 2.24) is 0 Å². The van der Waals surface area contributed by atoms with Gasteiger partial charge in [0.15, 0.2) is 17.6 Å². The Balaban J connectivity index is 1.75. The van der Waals surface area contributed by atoms with E-state index >= 15 is 0 Å². The van der Waals surface area contributed by atoms with E-state index in [9.17, 15) is 29.8 Å². The molecule has 12 heteroatoms. The van der Waals surface area contributed by atoms with E-state index in [0.717, 1.165) is 18.2 Å². The number of fused-ring (bicyclic) bond motifs is 1. The molecule has 2 aromatic carbocycles. The summed E-state index contributed by atoms with van der Waals surface area (Å²) in [5.74, 6) is -1.61. The highest BCUT2D eigenvalue weighted by Gasteiger charge is 2.29. The highest BCUT2D eigenvalue weighted by Crippen LogP contribution is 2.37. The van der Waals surface area contributed by atoms with Gasteiger partial charge in [-0.2, -0.15) is 0 Å².